The second-order valence-corrected chi connectivity index (χ2v) is 5.13. The number of fused-ring (bicyclic) bond motifs is 1. The van der Waals surface area contributed by atoms with Gasteiger partial charge in [-0.1, -0.05) is 0 Å². The molecule has 0 saturated carbocycles. The highest BCUT2D eigenvalue weighted by Crippen LogP contribution is 2.23. The topological polar surface area (TPSA) is 94.0 Å². The molecule has 0 spiro atoms. The van der Waals surface area contributed by atoms with Crippen LogP contribution in [0.2, 0.25) is 0 Å². The summed E-state index contributed by atoms with van der Waals surface area (Å²) in [5.74, 6) is 0.950. The molecule has 0 fully saturated rings. The van der Waals surface area contributed by atoms with Crippen molar-refractivity contribution in [2.24, 2.45) is 5.73 Å². The van der Waals surface area contributed by atoms with Gasteiger partial charge in [0.2, 0.25) is 0 Å². The van der Waals surface area contributed by atoms with E-state index in [2.05, 4.69) is 25.4 Å². The van der Waals surface area contributed by atoms with Gasteiger partial charge in [-0.15, -0.1) is 0 Å². The summed E-state index contributed by atoms with van der Waals surface area (Å²) in [6.45, 7) is 5.49. The molecule has 0 radical (unpaired) electrons. The van der Waals surface area contributed by atoms with Gasteiger partial charge in [-0.3, -0.25) is 9.97 Å². The standard InChI is InChI=1S/C15H19N7/c1-10-11(2)20-14-8-12(13-9-17-6-7-18-13)21-22(14)15(10)19-5-3-4-16/h6-9,19H,3-5,16H2,1-2H3. The third kappa shape index (κ3) is 2.62. The van der Waals surface area contributed by atoms with E-state index in [9.17, 15) is 0 Å². The van der Waals surface area contributed by atoms with Crippen molar-refractivity contribution in [1.29, 1.82) is 0 Å². The summed E-state index contributed by atoms with van der Waals surface area (Å²) in [7, 11) is 0. The molecule has 22 heavy (non-hydrogen) atoms. The lowest BCUT2D eigenvalue weighted by Gasteiger charge is -2.12. The molecule has 0 saturated heterocycles. The Kier molecular flexibility index (Phi) is 3.97. The number of rotatable bonds is 5. The zero-order valence-electron chi connectivity index (χ0n) is 12.7. The number of nitrogens with zero attached hydrogens (tertiary/aromatic N) is 5. The zero-order chi connectivity index (χ0) is 15.5. The third-order valence-corrected chi connectivity index (χ3v) is 3.58. The van der Waals surface area contributed by atoms with Crippen molar-refractivity contribution >= 4 is 11.5 Å². The largest absolute Gasteiger partial charge is 0.370 e. The maximum atomic E-state index is 5.56. The van der Waals surface area contributed by atoms with E-state index < -0.39 is 0 Å². The fourth-order valence-electron chi connectivity index (χ4n) is 2.27. The van der Waals surface area contributed by atoms with Crippen LogP contribution in [0.25, 0.3) is 17.0 Å². The molecule has 3 aromatic heterocycles. The fourth-order valence-corrected chi connectivity index (χ4v) is 2.27. The lowest BCUT2D eigenvalue weighted by molar-refractivity contribution is 0.845. The Balaban J connectivity index is 2.08. The second-order valence-electron chi connectivity index (χ2n) is 5.13. The lowest BCUT2D eigenvalue weighted by atomic mass is 10.2. The zero-order valence-corrected chi connectivity index (χ0v) is 12.7. The predicted molar refractivity (Wildman–Crippen MR) is 85.6 cm³/mol. The Hall–Kier alpha value is -2.54. The van der Waals surface area contributed by atoms with Crippen LogP contribution in [0.15, 0.2) is 24.7 Å². The SMILES string of the molecule is Cc1nc2cc(-c3cnccn3)nn2c(NCCCN)c1C. The first kappa shape index (κ1) is 14.4. The molecule has 3 heterocycles. The van der Waals surface area contributed by atoms with E-state index in [-0.39, 0.29) is 0 Å². The molecule has 0 atom stereocenters. The first-order chi connectivity index (χ1) is 10.7. The highest BCUT2D eigenvalue weighted by Gasteiger charge is 2.13. The average Bonchev–Trinajstić information content (AvgIpc) is 2.95. The van der Waals surface area contributed by atoms with Crippen LogP contribution in [0.5, 0.6) is 0 Å². The van der Waals surface area contributed by atoms with E-state index in [0.29, 0.717) is 6.54 Å². The van der Waals surface area contributed by atoms with Gasteiger partial charge < -0.3 is 11.1 Å². The van der Waals surface area contributed by atoms with Gasteiger partial charge in [0.15, 0.2) is 5.65 Å². The van der Waals surface area contributed by atoms with E-state index in [1.54, 1.807) is 18.6 Å². The van der Waals surface area contributed by atoms with Gasteiger partial charge in [0, 0.05) is 36.3 Å². The van der Waals surface area contributed by atoms with E-state index >= 15 is 0 Å². The first-order valence-corrected chi connectivity index (χ1v) is 7.28. The number of nitrogens with two attached hydrogens (primary N) is 1. The first-order valence-electron chi connectivity index (χ1n) is 7.28. The molecular formula is C15H19N7. The summed E-state index contributed by atoms with van der Waals surface area (Å²) >= 11 is 0. The number of hydrogen-bond donors (Lipinski definition) is 2. The van der Waals surface area contributed by atoms with E-state index in [1.807, 2.05) is 24.4 Å². The molecule has 7 heteroatoms. The number of hydrogen-bond acceptors (Lipinski definition) is 6. The summed E-state index contributed by atoms with van der Waals surface area (Å²) in [6, 6.07) is 1.92. The number of aryl methyl sites for hydroxylation is 1. The van der Waals surface area contributed by atoms with Crippen LogP contribution in [0.1, 0.15) is 17.7 Å². The summed E-state index contributed by atoms with van der Waals surface area (Å²) in [4.78, 5) is 13.0. The second kappa shape index (κ2) is 6.07. The van der Waals surface area contributed by atoms with Crippen molar-refractivity contribution in [3.63, 3.8) is 0 Å². The highest BCUT2D eigenvalue weighted by atomic mass is 15.3. The molecule has 0 bridgehead atoms. The van der Waals surface area contributed by atoms with Crippen molar-refractivity contribution in [3.05, 3.63) is 35.9 Å². The molecule has 0 amide bonds. The lowest BCUT2D eigenvalue weighted by Crippen LogP contribution is -2.13. The maximum Gasteiger partial charge on any atom is 0.158 e. The van der Waals surface area contributed by atoms with Crippen molar-refractivity contribution in [2.75, 3.05) is 18.4 Å². The smallest absolute Gasteiger partial charge is 0.158 e. The van der Waals surface area contributed by atoms with Crippen LogP contribution < -0.4 is 11.1 Å². The number of anilines is 1. The van der Waals surface area contributed by atoms with Gasteiger partial charge in [0.1, 0.15) is 17.2 Å². The van der Waals surface area contributed by atoms with Gasteiger partial charge in [0.05, 0.1) is 6.20 Å². The summed E-state index contributed by atoms with van der Waals surface area (Å²) in [5, 5.41) is 8.03. The van der Waals surface area contributed by atoms with Crippen molar-refractivity contribution in [3.8, 4) is 11.4 Å². The average molecular weight is 297 g/mol. The molecular weight excluding hydrogens is 278 g/mol. The summed E-state index contributed by atoms with van der Waals surface area (Å²) in [5.41, 5.74) is 9.91. The molecule has 3 N–H and O–H groups in total. The Morgan fingerprint density at radius 1 is 1.23 bits per heavy atom. The quantitative estimate of drug-likeness (QED) is 0.694. The minimum absolute atomic E-state index is 0.656. The fraction of sp³-hybridized carbons (Fsp3) is 0.333. The van der Waals surface area contributed by atoms with Crippen LogP contribution in [-0.2, 0) is 0 Å². The van der Waals surface area contributed by atoms with Gasteiger partial charge in [0.25, 0.3) is 0 Å². The molecule has 0 aliphatic carbocycles. The van der Waals surface area contributed by atoms with E-state index in [4.69, 9.17) is 5.73 Å². The van der Waals surface area contributed by atoms with Gasteiger partial charge in [-0.25, -0.2) is 4.98 Å². The van der Waals surface area contributed by atoms with Crippen LogP contribution in [0, 0.1) is 13.8 Å². The maximum absolute atomic E-state index is 5.56. The third-order valence-electron chi connectivity index (χ3n) is 3.58. The Morgan fingerprint density at radius 3 is 2.82 bits per heavy atom. The van der Waals surface area contributed by atoms with E-state index in [1.165, 1.54) is 0 Å². The Bertz CT molecular complexity index is 779. The predicted octanol–water partition coefficient (Wildman–Crippen LogP) is 1.56. The van der Waals surface area contributed by atoms with Crippen LogP contribution >= 0.6 is 0 Å². The number of aromatic nitrogens is 5. The minimum Gasteiger partial charge on any atom is -0.370 e. The van der Waals surface area contributed by atoms with Crippen LogP contribution in [-0.4, -0.2) is 37.7 Å². The van der Waals surface area contributed by atoms with Crippen molar-refractivity contribution < 1.29 is 0 Å². The minimum atomic E-state index is 0.656. The molecule has 0 aliphatic heterocycles. The van der Waals surface area contributed by atoms with Gasteiger partial charge in [-0.05, 0) is 26.8 Å². The molecule has 0 unspecified atom stereocenters. The highest BCUT2D eigenvalue weighted by molar-refractivity contribution is 5.63. The Labute approximate surface area is 128 Å². The van der Waals surface area contributed by atoms with Crippen LogP contribution in [0.3, 0.4) is 0 Å². The number of nitrogens with one attached hydrogen (secondary N) is 1. The molecule has 3 rings (SSSR count). The molecule has 0 aliphatic rings. The molecule has 7 nitrogen and oxygen atoms in total. The van der Waals surface area contributed by atoms with Crippen LogP contribution in [0.4, 0.5) is 5.82 Å². The normalized spacial score (nSPS) is 11.0. The van der Waals surface area contributed by atoms with Gasteiger partial charge >= 0.3 is 0 Å². The monoisotopic (exact) mass is 297 g/mol. The van der Waals surface area contributed by atoms with E-state index in [0.717, 1.165) is 47.1 Å². The van der Waals surface area contributed by atoms with Crippen molar-refractivity contribution in [2.45, 2.75) is 20.3 Å². The molecule has 114 valence electrons. The molecule has 0 aromatic carbocycles. The summed E-state index contributed by atoms with van der Waals surface area (Å²) < 4.78 is 1.82. The Morgan fingerprint density at radius 2 is 2.09 bits per heavy atom. The molecule has 3 aromatic rings. The summed E-state index contributed by atoms with van der Waals surface area (Å²) in [6.07, 6.45) is 5.90. The van der Waals surface area contributed by atoms with Crippen molar-refractivity contribution in [1.82, 2.24) is 24.6 Å². The van der Waals surface area contributed by atoms with Gasteiger partial charge in [-0.2, -0.15) is 9.61 Å².